The molecule has 8 heteroatoms. The topological polar surface area (TPSA) is 93.4 Å². The monoisotopic (exact) mass is 307 g/mol. The summed E-state index contributed by atoms with van der Waals surface area (Å²) in [7, 11) is -3.98. The van der Waals surface area contributed by atoms with Gasteiger partial charge in [0, 0.05) is 11.9 Å². The number of anilines is 1. The first-order chi connectivity index (χ1) is 9.89. The van der Waals surface area contributed by atoms with Crippen LogP contribution in [-0.4, -0.2) is 23.6 Å². The predicted octanol–water partition coefficient (Wildman–Crippen LogP) is 1.15. The Labute approximate surface area is 120 Å². The third-order valence-electron chi connectivity index (χ3n) is 3.12. The van der Waals surface area contributed by atoms with Crippen molar-refractivity contribution in [2.24, 2.45) is 0 Å². The zero-order valence-electron chi connectivity index (χ0n) is 10.7. The van der Waals surface area contributed by atoms with Gasteiger partial charge in [-0.15, -0.1) is 0 Å². The normalized spacial score (nSPS) is 16.0. The Morgan fingerprint density at radius 2 is 2.00 bits per heavy atom. The highest BCUT2D eigenvalue weighted by Crippen LogP contribution is 2.32. The van der Waals surface area contributed by atoms with Crippen molar-refractivity contribution in [1.82, 2.24) is 9.29 Å². The van der Waals surface area contributed by atoms with Gasteiger partial charge in [0.05, 0.1) is 18.3 Å². The number of carbonyl (C=O) groups is 1. The lowest BCUT2D eigenvalue weighted by atomic mass is 10.2. The first-order valence-electron chi connectivity index (χ1n) is 5.95. The van der Waals surface area contributed by atoms with E-state index in [-0.39, 0.29) is 28.3 Å². The highest BCUT2D eigenvalue weighted by atomic mass is 32.2. The van der Waals surface area contributed by atoms with Crippen LogP contribution in [0.5, 0.6) is 0 Å². The minimum atomic E-state index is -3.98. The summed E-state index contributed by atoms with van der Waals surface area (Å²) in [5, 5.41) is 0. The fraction of sp³-hybridized carbons (Fsp3) is 0.0769. The Kier molecular flexibility index (Phi) is 2.91. The zero-order valence-corrected chi connectivity index (χ0v) is 11.5. The molecule has 1 aromatic carbocycles. The van der Waals surface area contributed by atoms with E-state index in [2.05, 4.69) is 4.98 Å². The van der Waals surface area contributed by atoms with Gasteiger partial charge in [-0.1, -0.05) is 0 Å². The molecule has 0 radical (unpaired) electrons. The lowest BCUT2D eigenvalue weighted by molar-refractivity contribution is 0.0865. The second-order valence-corrected chi connectivity index (χ2v) is 6.41. The number of carbonyl (C=O) groups excluding carboxylic acids is 1. The summed E-state index contributed by atoms with van der Waals surface area (Å²) in [6.45, 7) is -0.277. The Morgan fingerprint density at radius 1 is 1.24 bits per heavy atom. The fourth-order valence-electron chi connectivity index (χ4n) is 2.16. The molecule has 0 spiro atoms. The van der Waals surface area contributed by atoms with Crippen LogP contribution >= 0.6 is 0 Å². The average Bonchev–Trinajstić information content (AvgIpc) is 2.60. The maximum absolute atomic E-state index is 13.1. The van der Waals surface area contributed by atoms with E-state index in [9.17, 15) is 17.6 Å². The average molecular weight is 307 g/mol. The second kappa shape index (κ2) is 4.52. The number of hydrogen-bond donors (Lipinski definition) is 1. The quantitative estimate of drug-likeness (QED) is 0.840. The van der Waals surface area contributed by atoms with Crippen molar-refractivity contribution in [2.75, 3.05) is 5.73 Å². The van der Waals surface area contributed by atoms with E-state index >= 15 is 0 Å². The summed E-state index contributed by atoms with van der Waals surface area (Å²) >= 11 is 0. The number of nitrogens with zero attached hydrogens (tertiary/aromatic N) is 2. The van der Waals surface area contributed by atoms with Crippen molar-refractivity contribution in [3.63, 3.8) is 0 Å². The van der Waals surface area contributed by atoms with Gasteiger partial charge in [-0.2, -0.15) is 0 Å². The Bertz CT molecular complexity index is 851. The van der Waals surface area contributed by atoms with Crippen LogP contribution in [0, 0.1) is 5.82 Å². The van der Waals surface area contributed by atoms with Gasteiger partial charge in [0.2, 0.25) is 0 Å². The number of fused-ring (bicyclic) bond motifs is 1. The zero-order chi connectivity index (χ0) is 15.2. The van der Waals surface area contributed by atoms with Gasteiger partial charge >= 0.3 is 0 Å². The van der Waals surface area contributed by atoms with Gasteiger partial charge < -0.3 is 5.73 Å². The number of nitrogen functional groups attached to an aromatic ring is 1. The van der Waals surface area contributed by atoms with E-state index in [0.717, 1.165) is 12.3 Å². The van der Waals surface area contributed by atoms with Gasteiger partial charge in [-0.3, -0.25) is 9.78 Å². The third kappa shape index (κ3) is 2.13. The van der Waals surface area contributed by atoms with Crippen molar-refractivity contribution < 1.29 is 17.6 Å². The molecule has 1 aliphatic heterocycles. The molecule has 0 unspecified atom stereocenters. The van der Waals surface area contributed by atoms with Crippen molar-refractivity contribution in [2.45, 2.75) is 11.4 Å². The molecular formula is C13H10FN3O3S. The van der Waals surface area contributed by atoms with E-state index in [0.29, 0.717) is 4.31 Å². The highest BCUT2D eigenvalue weighted by Gasteiger charge is 2.41. The molecule has 21 heavy (non-hydrogen) atoms. The largest absolute Gasteiger partial charge is 0.399 e. The van der Waals surface area contributed by atoms with E-state index in [1.807, 2.05) is 0 Å². The Hall–Kier alpha value is -2.48. The summed E-state index contributed by atoms with van der Waals surface area (Å²) in [4.78, 5) is 15.7. The van der Waals surface area contributed by atoms with Gasteiger partial charge in [0.1, 0.15) is 10.7 Å². The molecule has 6 nitrogen and oxygen atoms in total. The number of halogens is 1. The predicted molar refractivity (Wildman–Crippen MR) is 72.1 cm³/mol. The van der Waals surface area contributed by atoms with E-state index in [1.165, 1.54) is 24.4 Å². The summed E-state index contributed by atoms with van der Waals surface area (Å²) in [6, 6.07) is 5.20. The molecule has 1 aromatic heterocycles. The molecule has 2 N–H and O–H groups in total. The summed E-state index contributed by atoms with van der Waals surface area (Å²) < 4.78 is 38.5. The number of sulfonamides is 1. The molecule has 0 bridgehead atoms. The van der Waals surface area contributed by atoms with Gasteiger partial charge in [-0.05, 0) is 29.8 Å². The minimum absolute atomic E-state index is 0.0635. The minimum Gasteiger partial charge on any atom is -0.399 e. The van der Waals surface area contributed by atoms with Gasteiger partial charge in [0.25, 0.3) is 15.9 Å². The first kappa shape index (κ1) is 13.5. The molecule has 2 heterocycles. The van der Waals surface area contributed by atoms with Crippen molar-refractivity contribution in [3.8, 4) is 0 Å². The van der Waals surface area contributed by atoms with Crippen LogP contribution in [0.4, 0.5) is 10.1 Å². The number of amides is 1. The molecule has 1 aliphatic rings. The van der Waals surface area contributed by atoms with Crippen LogP contribution < -0.4 is 5.73 Å². The van der Waals surface area contributed by atoms with E-state index in [4.69, 9.17) is 5.73 Å². The van der Waals surface area contributed by atoms with Crippen LogP contribution in [0.2, 0.25) is 0 Å². The third-order valence-corrected chi connectivity index (χ3v) is 4.89. The van der Waals surface area contributed by atoms with Crippen LogP contribution in [0.3, 0.4) is 0 Å². The van der Waals surface area contributed by atoms with E-state index < -0.39 is 21.7 Å². The molecule has 3 rings (SSSR count). The molecule has 0 atom stereocenters. The number of aromatic nitrogens is 1. The van der Waals surface area contributed by atoms with Gasteiger partial charge in [-0.25, -0.2) is 17.1 Å². The SMILES string of the molecule is Nc1ccc2c(c1)S(=O)(=O)N(Cc1cncc(F)c1)C2=O. The summed E-state index contributed by atoms with van der Waals surface area (Å²) in [5.74, 6) is -1.26. The molecule has 0 saturated carbocycles. The van der Waals surface area contributed by atoms with E-state index in [1.54, 1.807) is 0 Å². The molecule has 0 aliphatic carbocycles. The van der Waals surface area contributed by atoms with Crippen molar-refractivity contribution in [1.29, 1.82) is 0 Å². The molecular weight excluding hydrogens is 297 g/mol. The fourth-order valence-corrected chi connectivity index (χ4v) is 3.75. The summed E-state index contributed by atoms with van der Waals surface area (Å²) in [6.07, 6.45) is 2.31. The van der Waals surface area contributed by atoms with Crippen LogP contribution in [0.1, 0.15) is 15.9 Å². The first-order valence-corrected chi connectivity index (χ1v) is 7.39. The number of nitrogens with two attached hydrogens (primary N) is 1. The number of benzene rings is 1. The number of pyridine rings is 1. The lowest BCUT2D eigenvalue weighted by Crippen LogP contribution is -2.29. The van der Waals surface area contributed by atoms with Crippen LogP contribution in [0.15, 0.2) is 41.6 Å². The smallest absolute Gasteiger partial charge is 0.269 e. The van der Waals surface area contributed by atoms with Gasteiger partial charge in [0.15, 0.2) is 0 Å². The molecule has 2 aromatic rings. The lowest BCUT2D eigenvalue weighted by Gasteiger charge is -2.14. The Balaban J connectivity index is 2.04. The second-order valence-electron chi connectivity index (χ2n) is 4.58. The van der Waals surface area contributed by atoms with Crippen molar-refractivity contribution in [3.05, 3.63) is 53.6 Å². The highest BCUT2D eigenvalue weighted by molar-refractivity contribution is 7.90. The molecule has 108 valence electrons. The van der Waals surface area contributed by atoms with Crippen LogP contribution in [0.25, 0.3) is 0 Å². The molecule has 0 fully saturated rings. The standard InChI is InChI=1S/C13H10FN3O3S/c14-9-3-8(5-16-6-9)7-17-13(18)11-2-1-10(15)4-12(11)21(17,19)20/h1-6H,7,15H2. The number of rotatable bonds is 2. The van der Waals surface area contributed by atoms with Crippen LogP contribution in [-0.2, 0) is 16.6 Å². The molecule has 1 amide bonds. The Morgan fingerprint density at radius 3 is 2.71 bits per heavy atom. The van der Waals surface area contributed by atoms with Crippen molar-refractivity contribution >= 4 is 21.6 Å². The molecule has 0 saturated heterocycles. The summed E-state index contributed by atoms with van der Waals surface area (Å²) in [5.41, 5.74) is 6.16. The maximum Gasteiger partial charge on any atom is 0.269 e. The maximum atomic E-state index is 13.1. The number of hydrogen-bond acceptors (Lipinski definition) is 5.